The second-order valence-electron chi connectivity index (χ2n) is 27.6. The summed E-state index contributed by atoms with van der Waals surface area (Å²) in [6, 6.07) is 1.13. The minimum absolute atomic E-state index is 0.0162. The number of fused-ring (bicyclic) bond motifs is 3. The van der Waals surface area contributed by atoms with E-state index in [1.807, 2.05) is 0 Å². The Bertz CT molecular complexity index is 3900. The van der Waals surface area contributed by atoms with Crippen molar-refractivity contribution >= 4 is 106 Å². The van der Waals surface area contributed by atoms with Crippen molar-refractivity contribution in [2.45, 2.75) is 189 Å². The molecule has 604 valence electrons. The molecule has 40 heteroatoms. The zero-order chi connectivity index (χ0) is 80.5. The number of imidazole rings is 1. The molecule has 40 nitrogen and oxygen atoms in total. The molecule has 3 fully saturated rings. The number of nitrogens with one attached hydrogen (secondary N) is 20. The molecule has 12 amide bonds. The molecule has 3 aliphatic heterocycles. The molecular formula is C71H108N28O12. The van der Waals surface area contributed by atoms with E-state index in [4.69, 9.17) is 50.3 Å². The van der Waals surface area contributed by atoms with Crippen LogP contribution in [-0.4, -0.2) is 238 Å². The van der Waals surface area contributed by atoms with Crippen LogP contribution in [0.4, 0.5) is 0 Å². The molecule has 2 aromatic heterocycles. The fraction of sp³-hybridized carbons (Fsp3) is 0.535. The Morgan fingerprint density at radius 3 is 1.51 bits per heavy atom. The van der Waals surface area contributed by atoms with Gasteiger partial charge in [0.25, 0.3) is 0 Å². The van der Waals surface area contributed by atoms with E-state index in [1.54, 1.807) is 60.8 Å². The molecule has 0 saturated carbocycles. The zero-order valence-electron chi connectivity index (χ0n) is 62.3. The van der Waals surface area contributed by atoms with Gasteiger partial charge in [-0.15, -0.1) is 0 Å². The molecule has 0 aliphatic carbocycles. The summed E-state index contributed by atoms with van der Waals surface area (Å²) in [4.78, 5) is 188. The van der Waals surface area contributed by atoms with Gasteiger partial charge in [-0.05, 0) is 114 Å². The van der Waals surface area contributed by atoms with Gasteiger partial charge in [-0.3, -0.25) is 79.2 Å². The molecule has 11 atom stereocenters. The molecule has 1 unspecified atom stereocenters. The van der Waals surface area contributed by atoms with E-state index in [-0.39, 0.29) is 172 Å². The van der Waals surface area contributed by atoms with Crippen LogP contribution >= 0.6 is 0 Å². The van der Waals surface area contributed by atoms with Gasteiger partial charge in [0.15, 0.2) is 23.8 Å². The standard InChI is InChI=1S/C71H108N28O12/c1-40(100)89-47(21-10-28-84-69(75)76)58(102)91-48(22-11-29-85-70(77)78)59(103)90-46(20-9-27-83-68(73)74)57(101)82-26-8-7-19-50-66(110)99-32-14-25-56(99)67(111)98-31-13-24-55(98)65(109)96-53(35-43-38-81-39-88-43)63(107)94-51(33-41-15-3-2-4-16-41)61(105)92-49(23-12-30-86-71(79)80)60(104)95-52(62(106)97-54(36-72)64(108)93-50)34-42-37-87-45-18-6-5-17-44(42)45/h2-6,15-18,37-39,46-56,87H,7-14,19-36,72H2,1H3,(H,81,88)(H,82,101)(H,89,100)(H,90,103)(H,91,102)(H,92,105)(H,93,108)(H,94,107)(H,95,104)(H,96,109)(H,97,106)(H4,73,74,83)(H4,75,76,84)(H4,77,78,85)(H4,79,80,86)/t46-,47-,48-,49-,50-,51+,52-,53-,54-,55?,56+/m0/s1. The number of aromatic amines is 2. The van der Waals surface area contributed by atoms with Crippen molar-refractivity contribution in [2.75, 3.05) is 52.4 Å². The first-order chi connectivity index (χ1) is 53.2. The maximum Gasteiger partial charge on any atom is 0.246 e. The largest absolute Gasteiger partial charge is 0.370 e. The molecule has 0 radical (unpaired) electrons. The summed E-state index contributed by atoms with van der Waals surface area (Å²) in [5, 5.41) is 69.3. The number of aromatic nitrogens is 3. The number of rotatable bonds is 34. The lowest BCUT2D eigenvalue weighted by Crippen LogP contribution is -2.62. The number of hydrogen-bond donors (Lipinski definition) is 25. The van der Waals surface area contributed by atoms with Crippen LogP contribution in [0.3, 0.4) is 0 Å². The summed E-state index contributed by atoms with van der Waals surface area (Å²) in [6.45, 7) is 1.23. The van der Waals surface area contributed by atoms with Crippen LogP contribution in [-0.2, 0) is 76.8 Å². The van der Waals surface area contributed by atoms with Crippen LogP contribution in [0.25, 0.3) is 10.9 Å². The molecule has 3 saturated heterocycles. The van der Waals surface area contributed by atoms with Crippen LogP contribution in [0.5, 0.6) is 0 Å². The second-order valence-corrected chi connectivity index (χ2v) is 27.6. The maximum atomic E-state index is 15.4. The van der Waals surface area contributed by atoms with Crippen LogP contribution in [0.15, 0.2) is 73.3 Å². The maximum absolute atomic E-state index is 15.4. The highest BCUT2D eigenvalue weighted by Gasteiger charge is 2.45. The van der Waals surface area contributed by atoms with Crippen molar-refractivity contribution in [1.82, 2.24) is 99.2 Å². The van der Waals surface area contributed by atoms with Crippen molar-refractivity contribution in [1.29, 1.82) is 21.6 Å². The summed E-state index contributed by atoms with van der Waals surface area (Å²) in [6.07, 6.45) is 5.84. The topological polar surface area (TPSA) is 650 Å². The fourth-order valence-corrected chi connectivity index (χ4v) is 13.5. The number of para-hydroxylation sites is 1. The molecule has 3 aliphatic rings. The van der Waals surface area contributed by atoms with Crippen molar-refractivity contribution in [3.05, 3.63) is 90.1 Å². The fourth-order valence-electron chi connectivity index (χ4n) is 13.5. The first-order valence-electron chi connectivity index (χ1n) is 37.4. The highest BCUT2D eigenvalue weighted by Crippen LogP contribution is 2.27. The monoisotopic (exact) mass is 1540 g/mol. The molecule has 30 N–H and O–H groups in total. The highest BCUT2D eigenvalue weighted by atomic mass is 16.2. The van der Waals surface area contributed by atoms with E-state index >= 15 is 19.2 Å². The summed E-state index contributed by atoms with van der Waals surface area (Å²) in [5.41, 5.74) is 30.7. The minimum atomic E-state index is -1.59. The summed E-state index contributed by atoms with van der Waals surface area (Å²) in [7, 11) is 0. The molecule has 111 heavy (non-hydrogen) atoms. The van der Waals surface area contributed by atoms with Crippen molar-refractivity contribution < 1.29 is 57.5 Å². The molecular weight excluding hydrogens is 1440 g/mol. The van der Waals surface area contributed by atoms with Gasteiger partial charge in [-0.25, -0.2) is 4.98 Å². The van der Waals surface area contributed by atoms with Gasteiger partial charge < -0.3 is 123 Å². The van der Waals surface area contributed by atoms with Gasteiger partial charge in [0.1, 0.15) is 66.5 Å². The Morgan fingerprint density at radius 1 is 0.486 bits per heavy atom. The molecule has 4 aromatic rings. The lowest BCUT2D eigenvalue weighted by atomic mass is 10.0. The average molecular weight is 1550 g/mol. The third-order valence-corrected chi connectivity index (χ3v) is 19.2. The number of carbonyl (C=O) groups excluding carboxylic acids is 12. The van der Waals surface area contributed by atoms with Crippen molar-refractivity contribution in [2.24, 2.45) is 28.7 Å². The summed E-state index contributed by atoms with van der Waals surface area (Å²) in [5.74, 6) is -10.4. The first kappa shape index (κ1) is 86.1. The van der Waals surface area contributed by atoms with Gasteiger partial charge >= 0.3 is 0 Å². The SMILES string of the molecule is CC(=O)N[C@@H](CCCNC(=N)N)C(=O)N[C@@H](CCCNC(=N)N)C(=O)N[C@@H](CCCNC(=N)N)C(=O)NCCCC[C@@H]1NC(=O)[C@H](CN)NC(=O)[C@H](Cc2c[nH]c3ccccc23)NC(=O)[C@H](CCCNC(=N)N)NC(=O)[C@@H](Cc2ccccc2)NC(=O)[C@H](Cc2cnc[nH]2)NC(=O)C2CCCN2C(=O)[C@H]2CCCN2C1=O. The van der Waals surface area contributed by atoms with Gasteiger partial charge in [-0.2, -0.15) is 0 Å². The summed E-state index contributed by atoms with van der Waals surface area (Å²) >= 11 is 0. The normalized spacial score (nSPS) is 21.0. The van der Waals surface area contributed by atoms with Crippen LogP contribution in [0, 0.1) is 21.6 Å². The van der Waals surface area contributed by atoms with Gasteiger partial charge in [0.05, 0.1) is 6.33 Å². The van der Waals surface area contributed by atoms with Gasteiger partial charge in [-0.1, -0.05) is 48.5 Å². The smallest absolute Gasteiger partial charge is 0.246 e. The zero-order valence-corrected chi connectivity index (χ0v) is 62.3. The number of nitrogens with two attached hydrogens (primary N) is 5. The highest BCUT2D eigenvalue weighted by molar-refractivity contribution is 6.00. The van der Waals surface area contributed by atoms with E-state index < -0.39 is 144 Å². The van der Waals surface area contributed by atoms with Crippen LogP contribution in [0.1, 0.15) is 120 Å². The Morgan fingerprint density at radius 2 is 0.946 bits per heavy atom. The van der Waals surface area contributed by atoms with Crippen LogP contribution < -0.4 is 103 Å². The Kier molecular flexibility index (Phi) is 33.9. The molecule has 0 bridgehead atoms. The molecule has 2 aromatic carbocycles. The number of nitrogens with zero attached hydrogens (tertiary/aromatic N) is 3. The first-order valence-corrected chi connectivity index (χ1v) is 37.4. The molecule has 7 rings (SSSR count). The predicted octanol–water partition coefficient (Wildman–Crippen LogP) is -5.40. The Hall–Kier alpha value is -12.1. The predicted molar refractivity (Wildman–Crippen MR) is 409 cm³/mol. The third kappa shape index (κ3) is 27.5. The number of unbranched alkanes of at least 4 members (excludes halogenated alkanes) is 1. The Balaban J connectivity index is 1.19. The van der Waals surface area contributed by atoms with Crippen LogP contribution in [0.2, 0.25) is 0 Å². The van der Waals surface area contributed by atoms with E-state index in [1.165, 1.54) is 29.2 Å². The number of carbonyl (C=O) groups is 12. The quantitative estimate of drug-likeness (QED) is 0.0118. The van der Waals surface area contributed by atoms with Crippen molar-refractivity contribution in [3.8, 4) is 0 Å². The molecule has 0 spiro atoms. The lowest BCUT2D eigenvalue weighted by Gasteiger charge is -2.34. The number of guanidine groups is 4. The average Bonchev–Trinajstić information content (AvgIpc) is 1.68. The summed E-state index contributed by atoms with van der Waals surface area (Å²) < 4.78 is 0. The number of H-pyrrole nitrogens is 2. The van der Waals surface area contributed by atoms with Crippen molar-refractivity contribution in [3.63, 3.8) is 0 Å². The van der Waals surface area contributed by atoms with Gasteiger partial charge in [0, 0.05) is 108 Å². The van der Waals surface area contributed by atoms with E-state index in [0.29, 0.717) is 40.6 Å². The number of benzene rings is 2. The van der Waals surface area contributed by atoms with E-state index in [0.717, 1.165) is 0 Å². The Labute approximate surface area is 641 Å². The third-order valence-electron chi connectivity index (χ3n) is 19.2. The lowest BCUT2D eigenvalue weighted by molar-refractivity contribution is -0.148. The number of hydrogen-bond acceptors (Lipinski definition) is 18. The number of amides is 12. The second kappa shape index (κ2) is 43.8. The minimum Gasteiger partial charge on any atom is -0.370 e. The van der Waals surface area contributed by atoms with Gasteiger partial charge in [0.2, 0.25) is 70.9 Å². The molecule has 5 heterocycles. The van der Waals surface area contributed by atoms with E-state index in [2.05, 4.69) is 89.4 Å². The van der Waals surface area contributed by atoms with E-state index in [9.17, 15) is 38.4 Å².